The number of carboxylic acid groups (broad SMARTS) is 1. The van der Waals surface area contributed by atoms with Crippen molar-refractivity contribution in [3.63, 3.8) is 0 Å². The van der Waals surface area contributed by atoms with Gasteiger partial charge in [0.2, 0.25) is 10.9 Å². The molecule has 0 spiro atoms. The first-order valence-electron chi connectivity index (χ1n) is 6.93. The van der Waals surface area contributed by atoms with Crippen LogP contribution in [-0.2, 0) is 16.1 Å². The fraction of sp³-hybridized carbons (Fsp3) is 0.615. The highest BCUT2D eigenvalue weighted by Crippen LogP contribution is 2.20. The van der Waals surface area contributed by atoms with Crippen molar-refractivity contribution in [2.24, 2.45) is 0 Å². The van der Waals surface area contributed by atoms with Crippen molar-refractivity contribution in [3.8, 4) is 0 Å². The van der Waals surface area contributed by atoms with Crippen LogP contribution < -0.4 is 5.32 Å². The average molecular weight is 311 g/mol. The molecule has 1 saturated heterocycles. The fourth-order valence-electron chi connectivity index (χ4n) is 2.28. The van der Waals surface area contributed by atoms with Crippen LogP contribution in [0, 0.1) is 0 Å². The first-order valence-corrected chi connectivity index (χ1v) is 7.81. The molecule has 0 bridgehead atoms. The highest BCUT2D eigenvalue weighted by molar-refractivity contribution is 7.11. The van der Waals surface area contributed by atoms with Crippen molar-refractivity contribution in [1.82, 2.24) is 15.2 Å². The maximum atomic E-state index is 12.2. The zero-order chi connectivity index (χ0) is 14.8. The van der Waals surface area contributed by atoms with Gasteiger partial charge in [0.05, 0.1) is 18.9 Å². The molecule has 114 valence electrons. The number of ether oxygens (including phenoxy) is 1. The van der Waals surface area contributed by atoms with E-state index in [2.05, 4.69) is 10.3 Å². The molecule has 1 aliphatic carbocycles. The first-order chi connectivity index (χ1) is 10.1. The third-order valence-electron chi connectivity index (χ3n) is 3.57. The molecule has 2 fully saturated rings. The second kappa shape index (κ2) is 6.08. The van der Waals surface area contributed by atoms with Gasteiger partial charge in [0.25, 0.3) is 0 Å². The number of amides is 1. The predicted molar refractivity (Wildman–Crippen MR) is 75.3 cm³/mol. The van der Waals surface area contributed by atoms with Gasteiger partial charge in [-0.3, -0.25) is 9.69 Å². The predicted octanol–water partition coefficient (Wildman–Crippen LogP) is 0.321. The number of nitrogens with one attached hydrogen (secondary N) is 1. The lowest BCUT2D eigenvalue weighted by atomic mass is 10.2. The number of rotatable bonds is 5. The summed E-state index contributed by atoms with van der Waals surface area (Å²) < 4.78 is 5.40. The third-order valence-corrected chi connectivity index (χ3v) is 4.44. The van der Waals surface area contributed by atoms with Crippen molar-refractivity contribution in [1.29, 1.82) is 0 Å². The van der Waals surface area contributed by atoms with Gasteiger partial charge in [0.1, 0.15) is 6.04 Å². The quantitative estimate of drug-likeness (QED) is 0.814. The molecule has 2 heterocycles. The summed E-state index contributed by atoms with van der Waals surface area (Å²) in [6.45, 7) is 2.05. The van der Waals surface area contributed by atoms with E-state index in [1.54, 1.807) is 5.38 Å². The van der Waals surface area contributed by atoms with Crippen molar-refractivity contribution in [3.05, 3.63) is 16.1 Å². The molecule has 1 saturated carbocycles. The van der Waals surface area contributed by atoms with Crippen LogP contribution in [0.4, 0.5) is 0 Å². The molecule has 7 nitrogen and oxygen atoms in total. The maximum absolute atomic E-state index is 12.2. The summed E-state index contributed by atoms with van der Waals surface area (Å²) in [4.78, 5) is 29.2. The Morgan fingerprint density at radius 3 is 3.00 bits per heavy atom. The van der Waals surface area contributed by atoms with E-state index in [-0.39, 0.29) is 17.0 Å². The van der Waals surface area contributed by atoms with Crippen LogP contribution >= 0.6 is 11.3 Å². The summed E-state index contributed by atoms with van der Waals surface area (Å²) in [6, 6.07) is -0.00603. The normalized spacial score (nSPS) is 23.0. The van der Waals surface area contributed by atoms with Crippen LogP contribution in [0.3, 0.4) is 0 Å². The molecular weight excluding hydrogens is 294 g/mol. The zero-order valence-corrected chi connectivity index (χ0v) is 12.3. The van der Waals surface area contributed by atoms with Gasteiger partial charge in [-0.1, -0.05) is 0 Å². The lowest BCUT2D eigenvalue weighted by Gasteiger charge is -2.34. The Bertz CT molecular complexity index is 543. The molecule has 8 heteroatoms. The summed E-state index contributed by atoms with van der Waals surface area (Å²) in [7, 11) is 0. The van der Waals surface area contributed by atoms with E-state index in [1.165, 1.54) is 0 Å². The Kier molecular flexibility index (Phi) is 4.18. The SMILES string of the molecule is O=C(O)c1nc(CN2CCOCC2C(=O)NC2CC2)cs1. The van der Waals surface area contributed by atoms with E-state index in [4.69, 9.17) is 9.84 Å². The van der Waals surface area contributed by atoms with E-state index >= 15 is 0 Å². The molecule has 3 rings (SSSR count). The standard InChI is InChI=1S/C13H17N3O4S/c17-11(14-8-1-2-8)10-6-20-4-3-16(10)5-9-7-21-12(15-9)13(18)19/h7-8,10H,1-6H2,(H,14,17)(H,18,19). The lowest BCUT2D eigenvalue weighted by molar-refractivity contribution is -0.133. The Balaban J connectivity index is 1.65. The van der Waals surface area contributed by atoms with E-state index in [1.807, 2.05) is 4.90 Å². The van der Waals surface area contributed by atoms with E-state index < -0.39 is 5.97 Å². The van der Waals surface area contributed by atoms with Gasteiger partial charge in [-0.05, 0) is 12.8 Å². The second-order valence-electron chi connectivity index (χ2n) is 5.29. The van der Waals surface area contributed by atoms with E-state index in [9.17, 15) is 9.59 Å². The number of morpholine rings is 1. The molecule has 1 amide bonds. The summed E-state index contributed by atoms with van der Waals surface area (Å²) in [5.41, 5.74) is 0.684. The van der Waals surface area contributed by atoms with Crippen molar-refractivity contribution >= 4 is 23.2 Å². The van der Waals surface area contributed by atoms with Gasteiger partial charge in [-0.15, -0.1) is 11.3 Å². The first kappa shape index (κ1) is 14.4. The lowest BCUT2D eigenvalue weighted by Crippen LogP contribution is -2.53. The molecule has 1 aromatic rings. The molecule has 21 heavy (non-hydrogen) atoms. The Labute approximate surface area is 125 Å². The zero-order valence-electron chi connectivity index (χ0n) is 11.4. The third kappa shape index (κ3) is 3.58. The smallest absolute Gasteiger partial charge is 0.365 e. The fourth-order valence-corrected chi connectivity index (χ4v) is 2.93. The minimum Gasteiger partial charge on any atom is -0.476 e. The molecule has 1 aromatic heterocycles. The van der Waals surface area contributed by atoms with Crippen LogP contribution in [0.15, 0.2) is 5.38 Å². The van der Waals surface area contributed by atoms with Crippen LogP contribution in [-0.4, -0.2) is 58.7 Å². The number of hydrogen-bond acceptors (Lipinski definition) is 6. The van der Waals surface area contributed by atoms with Crippen LogP contribution in [0.1, 0.15) is 28.3 Å². The molecule has 0 aromatic carbocycles. The summed E-state index contributed by atoms with van der Waals surface area (Å²) >= 11 is 1.11. The summed E-state index contributed by atoms with van der Waals surface area (Å²) in [6.07, 6.45) is 2.10. The molecule has 1 unspecified atom stereocenters. The van der Waals surface area contributed by atoms with Gasteiger partial charge in [0, 0.05) is 24.5 Å². The Morgan fingerprint density at radius 2 is 2.33 bits per heavy atom. The van der Waals surface area contributed by atoms with Gasteiger partial charge in [-0.25, -0.2) is 9.78 Å². The molecule has 0 radical (unpaired) electrons. The second-order valence-corrected chi connectivity index (χ2v) is 6.15. The highest BCUT2D eigenvalue weighted by atomic mass is 32.1. The molecule has 1 atom stereocenters. The highest BCUT2D eigenvalue weighted by Gasteiger charge is 2.33. The largest absolute Gasteiger partial charge is 0.476 e. The van der Waals surface area contributed by atoms with Crippen molar-refractivity contribution in [2.75, 3.05) is 19.8 Å². The van der Waals surface area contributed by atoms with Crippen LogP contribution in [0.5, 0.6) is 0 Å². The van der Waals surface area contributed by atoms with E-state index in [0.29, 0.717) is 38.0 Å². The number of hydrogen-bond donors (Lipinski definition) is 2. The van der Waals surface area contributed by atoms with Crippen LogP contribution in [0.25, 0.3) is 0 Å². The molecule has 2 N–H and O–H groups in total. The monoisotopic (exact) mass is 311 g/mol. The Hall–Kier alpha value is -1.51. The minimum atomic E-state index is -1.02. The number of aromatic carboxylic acids is 1. The van der Waals surface area contributed by atoms with Gasteiger partial charge >= 0.3 is 5.97 Å². The molecular formula is C13H17N3O4S. The van der Waals surface area contributed by atoms with Gasteiger partial charge < -0.3 is 15.2 Å². The van der Waals surface area contributed by atoms with Crippen LogP contribution in [0.2, 0.25) is 0 Å². The van der Waals surface area contributed by atoms with E-state index in [0.717, 1.165) is 24.2 Å². The molecule has 1 aliphatic heterocycles. The van der Waals surface area contributed by atoms with Crippen molar-refractivity contribution in [2.45, 2.75) is 31.5 Å². The van der Waals surface area contributed by atoms with Crippen molar-refractivity contribution < 1.29 is 19.4 Å². The maximum Gasteiger partial charge on any atom is 0.365 e. The number of carbonyl (C=O) groups is 2. The molecule has 2 aliphatic rings. The summed E-state index contributed by atoms with van der Waals surface area (Å²) in [5, 5.41) is 13.7. The number of nitrogens with zero attached hydrogens (tertiary/aromatic N) is 2. The average Bonchev–Trinajstić information content (AvgIpc) is 3.14. The minimum absolute atomic E-state index is 0.00844. The summed E-state index contributed by atoms with van der Waals surface area (Å²) in [5.74, 6) is -1.03. The number of aromatic nitrogens is 1. The number of thiazole rings is 1. The Morgan fingerprint density at radius 1 is 1.52 bits per heavy atom. The number of carboxylic acids is 1. The number of carbonyl (C=O) groups excluding carboxylic acids is 1. The van der Waals surface area contributed by atoms with Gasteiger partial charge in [-0.2, -0.15) is 0 Å². The van der Waals surface area contributed by atoms with Gasteiger partial charge in [0.15, 0.2) is 0 Å². The topological polar surface area (TPSA) is 91.8 Å².